The number of hydrogen-bond acceptors (Lipinski definition) is 1. The van der Waals surface area contributed by atoms with E-state index >= 15 is 0 Å². The van der Waals surface area contributed by atoms with Gasteiger partial charge in [-0.1, -0.05) is 13.8 Å². The number of nitrogens with one attached hydrogen (secondary N) is 2. The summed E-state index contributed by atoms with van der Waals surface area (Å²) < 4.78 is 27.1. The monoisotopic (exact) mass is 294 g/mol. The first-order valence-electron chi connectivity index (χ1n) is 7.18. The maximum atomic E-state index is 13.7. The zero-order chi connectivity index (χ0) is 15.6. The number of carbonyl (C=O) groups excluding carboxylic acids is 1. The number of benzene rings is 1. The summed E-state index contributed by atoms with van der Waals surface area (Å²) in [5.41, 5.74) is 1.96. The lowest BCUT2D eigenvalue weighted by Gasteiger charge is -2.10. The van der Waals surface area contributed by atoms with E-state index in [1.165, 1.54) is 6.07 Å². The second-order valence-electron chi connectivity index (χ2n) is 5.39. The molecule has 1 aromatic carbocycles. The molecule has 0 spiro atoms. The third kappa shape index (κ3) is 3.23. The van der Waals surface area contributed by atoms with Crippen LogP contribution >= 0.6 is 0 Å². The highest BCUT2D eigenvalue weighted by Gasteiger charge is 2.14. The average molecular weight is 294 g/mol. The van der Waals surface area contributed by atoms with Gasteiger partial charge in [0.1, 0.15) is 11.6 Å². The van der Waals surface area contributed by atoms with Crippen molar-refractivity contribution in [1.29, 1.82) is 0 Å². The SMILES string of the molecule is CC[C@H](C)C(=O)NCCc1c(C)[nH]c2c(F)cc(F)cc12. The molecule has 1 heterocycles. The van der Waals surface area contributed by atoms with Crippen LogP contribution in [0.4, 0.5) is 8.78 Å². The molecule has 2 aromatic rings. The van der Waals surface area contributed by atoms with Crippen molar-refractivity contribution in [3.05, 3.63) is 35.0 Å². The molecule has 21 heavy (non-hydrogen) atoms. The van der Waals surface area contributed by atoms with E-state index in [2.05, 4.69) is 10.3 Å². The van der Waals surface area contributed by atoms with Crippen LogP contribution < -0.4 is 5.32 Å². The van der Waals surface area contributed by atoms with Gasteiger partial charge in [-0.05, 0) is 31.4 Å². The van der Waals surface area contributed by atoms with Crippen LogP contribution in [0.3, 0.4) is 0 Å². The normalized spacial score (nSPS) is 12.6. The molecule has 2 rings (SSSR count). The molecule has 0 unspecified atom stereocenters. The Labute approximate surface area is 122 Å². The van der Waals surface area contributed by atoms with Crippen molar-refractivity contribution >= 4 is 16.8 Å². The fourth-order valence-corrected chi connectivity index (χ4v) is 2.40. The molecular weight excluding hydrogens is 274 g/mol. The highest BCUT2D eigenvalue weighted by atomic mass is 19.1. The minimum absolute atomic E-state index is 0.00681. The third-order valence-electron chi connectivity index (χ3n) is 3.88. The molecule has 0 saturated heterocycles. The first kappa shape index (κ1) is 15.5. The number of aromatic nitrogens is 1. The topological polar surface area (TPSA) is 44.9 Å². The van der Waals surface area contributed by atoms with Gasteiger partial charge in [0.25, 0.3) is 0 Å². The second-order valence-corrected chi connectivity index (χ2v) is 5.39. The fourth-order valence-electron chi connectivity index (χ4n) is 2.40. The minimum Gasteiger partial charge on any atom is -0.356 e. The molecule has 0 aliphatic heterocycles. The lowest BCUT2D eigenvalue weighted by Crippen LogP contribution is -2.30. The predicted octanol–water partition coefficient (Wildman–Crippen LogP) is 3.46. The Morgan fingerprint density at radius 2 is 2.10 bits per heavy atom. The number of fused-ring (bicyclic) bond motifs is 1. The number of halogens is 2. The van der Waals surface area contributed by atoms with Crippen LogP contribution in [0.15, 0.2) is 12.1 Å². The number of amides is 1. The lowest BCUT2D eigenvalue weighted by molar-refractivity contribution is -0.124. The Hall–Kier alpha value is -1.91. The van der Waals surface area contributed by atoms with Crippen LogP contribution in [0.25, 0.3) is 10.9 Å². The molecule has 0 aliphatic carbocycles. The number of aryl methyl sites for hydroxylation is 1. The molecule has 0 fully saturated rings. The van der Waals surface area contributed by atoms with Crippen molar-refractivity contribution in [2.45, 2.75) is 33.6 Å². The molecule has 1 aromatic heterocycles. The summed E-state index contributed by atoms with van der Waals surface area (Å²) in [6.45, 7) is 6.11. The van der Waals surface area contributed by atoms with Crippen LogP contribution in [-0.4, -0.2) is 17.4 Å². The number of aromatic amines is 1. The van der Waals surface area contributed by atoms with E-state index < -0.39 is 11.6 Å². The summed E-state index contributed by atoms with van der Waals surface area (Å²) in [5, 5.41) is 3.40. The maximum absolute atomic E-state index is 13.7. The van der Waals surface area contributed by atoms with Gasteiger partial charge in [-0.2, -0.15) is 0 Å². The summed E-state index contributed by atoms with van der Waals surface area (Å²) in [5.74, 6) is -1.21. The third-order valence-corrected chi connectivity index (χ3v) is 3.88. The smallest absolute Gasteiger partial charge is 0.222 e. The minimum atomic E-state index is -0.594. The van der Waals surface area contributed by atoms with E-state index in [1.807, 2.05) is 20.8 Å². The van der Waals surface area contributed by atoms with Crippen LogP contribution in [-0.2, 0) is 11.2 Å². The zero-order valence-electron chi connectivity index (χ0n) is 12.5. The van der Waals surface area contributed by atoms with E-state index in [0.29, 0.717) is 23.9 Å². The average Bonchev–Trinajstić information content (AvgIpc) is 2.75. The number of H-pyrrole nitrogens is 1. The Morgan fingerprint density at radius 3 is 2.76 bits per heavy atom. The van der Waals surface area contributed by atoms with Gasteiger partial charge in [0.15, 0.2) is 0 Å². The largest absolute Gasteiger partial charge is 0.356 e. The molecule has 0 aliphatic rings. The van der Waals surface area contributed by atoms with Crippen molar-refractivity contribution in [1.82, 2.24) is 10.3 Å². The van der Waals surface area contributed by atoms with Gasteiger partial charge in [0, 0.05) is 29.6 Å². The van der Waals surface area contributed by atoms with Crippen LogP contribution in [0.1, 0.15) is 31.5 Å². The quantitative estimate of drug-likeness (QED) is 0.871. The highest BCUT2D eigenvalue weighted by molar-refractivity contribution is 5.85. The first-order valence-corrected chi connectivity index (χ1v) is 7.18. The highest BCUT2D eigenvalue weighted by Crippen LogP contribution is 2.25. The standard InChI is InChI=1S/C16H20F2N2O/c1-4-9(2)16(21)19-6-5-12-10(3)20-15-13(12)7-11(17)8-14(15)18/h7-9,20H,4-6H2,1-3H3,(H,19,21)/t9-/m0/s1. The molecule has 0 bridgehead atoms. The summed E-state index contributed by atoms with van der Waals surface area (Å²) in [6, 6.07) is 2.19. The van der Waals surface area contributed by atoms with E-state index in [-0.39, 0.29) is 11.8 Å². The lowest BCUT2D eigenvalue weighted by atomic mass is 10.1. The molecule has 0 radical (unpaired) electrons. The van der Waals surface area contributed by atoms with Crippen molar-refractivity contribution in [3.63, 3.8) is 0 Å². The van der Waals surface area contributed by atoms with Gasteiger partial charge >= 0.3 is 0 Å². The van der Waals surface area contributed by atoms with Gasteiger partial charge < -0.3 is 10.3 Å². The van der Waals surface area contributed by atoms with Gasteiger partial charge in [0.2, 0.25) is 5.91 Å². The Bertz CT molecular complexity index is 664. The van der Waals surface area contributed by atoms with Crippen molar-refractivity contribution in [2.75, 3.05) is 6.54 Å². The molecular formula is C16H20F2N2O. The van der Waals surface area contributed by atoms with Gasteiger partial charge in [-0.15, -0.1) is 0 Å². The maximum Gasteiger partial charge on any atom is 0.222 e. The molecule has 3 nitrogen and oxygen atoms in total. The molecule has 1 amide bonds. The molecule has 0 saturated carbocycles. The van der Waals surface area contributed by atoms with E-state index in [0.717, 1.165) is 23.7 Å². The Kier molecular flexibility index (Phi) is 4.60. The van der Waals surface area contributed by atoms with Crippen molar-refractivity contribution in [3.8, 4) is 0 Å². The van der Waals surface area contributed by atoms with Gasteiger partial charge in [-0.3, -0.25) is 4.79 Å². The molecule has 2 N–H and O–H groups in total. The first-order chi connectivity index (χ1) is 9.93. The number of carbonyl (C=O) groups is 1. The molecule has 1 atom stereocenters. The molecule has 5 heteroatoms. The van der Waals surface area contributed by atoms with Gasteiger partial charge in [0.05, 0.1) is 5.52 Å². The van der Waals surface area contributed by atoms with E-state index in [4.69, 9.17) is 0 Å². The summed E-state index contributed by atoms with van der Waals surface area (Å²) in [7, 11) is 0. The predicted molar refractivity (Wildman–Crippen MR) is 79.1 cm³/mol. The molecule has 114 valence electrons. The zero-order valence-corrected chi connectivity index (χ0v) is 12.5. The van der Waals surface area contributed by atoms with Crippen LogP contribution in [0.2, 0.25) is 0 Å². The van der Waals surface area contributed by atoms with Crippen LogP contribution in [0.5, 0.6) is 0 Å². The second kappa shape index (κ2) is 6.24. The van der Waals surface area contributed by atoms with Gasteiger partial charge in [-0.25, -0.2) is 8.78 Å². The Balaban J connectivity index is 2.15. The van der Waals surface area contributed by atoms with E-state index in [1.54, 1.807) is 0 Å². The number of rotatable bonds is 5. The summed E-state index contributed by atoms with van der Waals surface area (Å²) in [4.78, 5) is 14.7. The summed E-state index contributed by atoms with van der Waals surface area (Å²) in [6.07, 6.45) is 1.32. The van der Waals surface area contributed by atoms with E-state index in [9.17, 15) is 13.6 Å². The van der Waals surface area contributed by atoms with Crippen LogP contribution in [0, 0.1) is 24.5 Å². The number of hydrogen-bond donors (Lipinski definition) is 2. The fraction of sp³-hybridized carbons (Fsp3) is 0.438. The van der Waals surface area contributed by atoms with Crippen molar-refractivity contribution in [2.24, 2.45) is 5.92 Å². The Morgan fingerprint density at radius 1 is 1.38 bits per heavy atom. The van der Waals surface area contributed by atoms with Crippen molar-refractivity contribution < 1.29 is 13.6 Å². The summed E-state index contributed by atoms with van der Waals surface area (Å²) >= 11 is 0.